The lowest BCUT2D eigenvalue weighted by atomic mass is 10.2. The van der Waals surface area contributed by atoms with Crippen molar-refractivity contribution in [2.45, 2.75) is 32.9 Å². The monoisotopic (exact) mass is 284 g/mol. The van der Waals surface area contributed by atoms with Gasteiger partial charge in [0.05, 0.1) is 0 Å². The zero-order valence-corrected chi connectivity index (χ0v) is 11.2. The number of urea groups is 1. The summed E-state index contributed by atoms with van der Waals surface area (Å²) in [6, 6.07) is 7.93. The van der Waals surface area contributed by atoms with Crippen LogP contribution in [0.3, 0.4) is 0 Å². The van der Waals surface area contributed by atoms with E-state index in [2.05, 4.69) is 26.6 Å². The Morgan fingerprint density at radius 3 is 2.75 bits per heavy atom. The standard InChI is InChI=1S/C12H17BrN2O/c1-3-9(2)15-12(16)14-8-10-6-4-5-7-11(10)13/h4-7,9H,3,8H2,1-2H3,(H2,14,15,16). The molecule has 4 heteroatoms. The quantitative estimate of drug-likeness (QED) is 0.877. The Labute approximate surface area is 105 Å². The fourth-order valence-electron chi connectivity index (χ4n) is 1.19. The summed E-state index contributed by atoms with van der Waals surface area (Å²) in [5, 5.41) is 5.68. The van der Waals surface area contributed by atoms with E-state index in [9.17, 15) is 4.79 Å². The summed E-state index contributed by atoms with van der Waals surface area (Å²) in [4.78, 5) is 11.5. The molecule has 0 heterocycles. The molecule has 1 aromatic rings. The van der Waals surface area contributed by atoms with Crippen LogP contribution in [-0.4, -0.2) is 12.1 Å². The van der Waals surface area contributed by atoms with Crippen molar-refractivity contribution in [1.82, 2.24) is 10.6 Å². The second-order valence-corrected chi connectivity index (χ2v) is 4.58. The van der Waals surface area contributed by atoms with E-state index in [0.717, 1.165) is 16.5 Å². The van der Waals surface area contributed by atoms with Crippen molar-refractivity contribution >= 4 is 22.0 Å². The molecule has 1 atom stereocenters. The number of rotatable bonds is 4. The molecule has 2 amide bonds. The summed E-state index contributed by atoms with van der Waals surface area (Å²) in [7, 11) is 0. The Balaban J connectivity index is 2.40. The molecule has 0 fully saturated rings. The van der Waals surface area contributed by atoms with E-state index in [1.165, 1.54) is 0 Å². The van der Waals surface area contributed by atoms with Gasteiger partial charge in [-0.25, -0.2) is 4.79 Å². The van der Waals surface area contributed by atoms with Crippen LogP contribution in [0.2, 0.25) is 0 Å². The van der Waals surface area contributed by atoms with E-state index in [-0.39, 0.29) is 12.1 Å². The fourth-order valence-corrected chi connectivity index (χ4v) is 1.62. The molecule has 0 saturated heterocycles. The first-order chi connectivity index (χ1) is 7.63. The molecular formula is C12H17BrN2O. The number of nitrogens with one attached hydrogen (secondary N) is 2. The first-order valence-corrected chi connectivity index (χ1v) is 6.20. The average Bonchev–Trinajstić information content (AvgIpc) is 2.28. The predicted octanol–water partition coefficient (Wildman–Crippen LogP) is 3.05. The number of carbonyl (C=O) groups is 1. The summed E-state index contributed by atoms with van der Waals surface area (Å²) in [5.74, 6) is 0. The summed E-state index contributed by atoms with van der Waals surface area (Å²) in [6.45, 7) is 4.56. The normalized spacial score (nSPS) is 11.9. The van der Waals surface area contributed by atoms with E-state index in [1.54, 1.807) is 0 Å². The van der Waals surface area contributed by atoms with Crippen LogP contribution in [0.4, 0.5) is 4.79 Å². The molecule has 16 heavy (non-hydrogen) atoms. The zero-order chi connectivity index (χ0) is 12.0. The average molecular weight is 285 g/mol. The van der Waals surface area contributed by atoms with Gasteiger partial charge in [-0.05, 0) is 25.0 Å². The van der Waals surface area contributed by atoms with Crippen molar-refractivity contribution in [3.8, 4) is 0 Å². The van der Waals surface area contributed by atoms with Gasteiger partial charge in [-0.3, -0.25) is 0 Å². The molecule has 0 aliphatic rings. The smallest absolute Gasteiger partial charge is 0.315 e. The van der Waals surface area contributed by atoms with E-state index >= 15 is 0 Å². The van der Waals surface area contributed by atoms with Crippen molar-refractivity contribution in [1.29, 1.82) is 0 Å². The lowest BCUT2D eigenvalue weighted by Gasteiger charge is -2.12. The van der Waals surface area contributed by atoms with Gasteiger partial charge >= 0.3 is 6.03 Å². The third-order valence-corrected chi connectivity index (χ3v) is 3.16. The van der Waals surface area contributed by atoms with Crippen molar-refractivity contribution in [2.24, 2.45) is 0 Å². The van der Waals surface area contributed by atoms with Gasteiger partial charge in [0.2, 0.25) is 0 Å². The Hall–Kier alpha value is -1.03. The third kappa shape index (κ3) is 4.23. The van der Waals surface area contributed by atoms with Gasteiger partial charge in [-0.2, -0.15) is 0 Å². The number of halogens is 1. The fraction of sp³-hybridized carbons (Fsp3) is 0.417. The molecule has 1 rings (SSSR count). The largest absolute Gasteiger partial charge is 0.336 e. The molecule has 0 radical (unpaired) electrons. The number of hydrogen-bond acceptors (Lipinski definition) is 1. The summed E-state index contributed by atoms with van der Waals surface area (Å²) in [5.41, 5.74) is 1.07. The molecule has 0 aromatic heterocycles. The van der Waals surface area contributed by atoms with Gasteiger partial charge in [0.1, 0.15) is 0 Å². The van der Waals surface area contributed by atoms with Crippen molar-refractivity contribution < 1.29 is 4.79 Å². The van der Waals surface area contributed by atoms with Crippen LogP contribution in [0.25, 0.3) is 0 Å². The lowest BCUT2D eigenvalue weighted by molar-refractivity contribution is 0.237. The molecule has 3 nitrogen and oxygen atoms in total. The highest BCUT2D eigenvalue weighted by molar-refractivity contribution is 9.10. The molecule has 2 N–H and O–H groups in total. The second kappa shape index (κ2) is 6.53. The topological polar surface area (TPSA) is 41.1 Å². The van der Waals surface area contributed by atoms with Crippen LogP contribution in [0.5, 0.6) is 0 Å². The van der Waals surface area contributed by atoms with Crippen molar-refractivity contribution in [3.63, 3.8) is 0 Å². The van der Waals surface area contributed by atoms with Crippen LogP contribution < -0.4 is 10.6 Å². The molecule has 88 valence electrons. The van der Waals surface area contributed by atoms with Gasteiger partial charge in [-0.1, -0.05) is 41.1 Å². The van der Waals surface area contributed by atoms with Crippen LogP contribution in [-0.2, 0) is 6.54 Å². The van der Waals surface area contributed by atoms with Gasteiger partial charge in [0.25, 0.3) is 0 Å². The first-order valence-electron chi connectivity index (χ1n) is 5.41. The Morgan fingerprint density at radius 2 is 2.12 bits per heavy atom. The molecule has 0 aliphatic carbocycles. The molecule has 0 bridgehead atoms. The zero-order valence-electron chi connectivity index (χ0n) is 9.59. The highest BCUT2D eigenvalue weighted by atomic mass is 79.9. The van der Waals surface area contributed by atoms with Crippen molar-refractivity contribution in [3.05, 3.63) is 34.3 Å². The van der Waals surface area contributed by atoms with E-state index in [0.29, 0.717) is 6.54 Å². The maximum Gasteiger partial charge on any atom is 0.315 e. The number of hydrogen-bond donors (Lipinski definition) is 2. The highest BCUT2D eigenvalue weighted by Crippen LogP contribution is 2.15. The number of amides is 2. The molecular weight excluding hydrogens is 268 g/mol. The first kappa shape index (κ1) is 13.0. The van der Waals surface area contributed by atoms with E-state index in [4.69, 9.17) is 0 Å². The van der Waals surface area contributed by atoms with Crippen LogP contribution >= 0.6 is 15.9 Å². The van der Waals surface area contributed by atoms with E-state index in [1.807, 2.05) is 38.1 Å². The maximum absolute atomic E-state index is 11.5. The van der Waals surface area contributed by atoms with Gasteiger partial charge < -0.3 is 10.6 Å². The summed E-state index contributed by atoms with van der Waals surface area (Å²) >= 11 is 3.44. The second-order valence-electron chi connectivity index (χ2n) is 3.73. The van der Waals surface area contributed by atoms with Crippen molar-refractivity contribution in [2.75, 3.05) is 0 Å². The van der Waals surface area contributed by atoms with Crippen LogP contribution in [0.1, 0.15) is 25.8 Å². The van der Waals surface area contributed by atoms with Gasteiger partial charge in [0, 0.05) is 17.1 Å². The molecule has 1 aromatic carbocycles. The minimum atomic E-state index is -0.120. The number of benzene rings is 1. The van der Waals surface area contributed by atoms with E-state index < -0.39 is 0 Å². The summed E-state index contributed by atoms with van der Waals surface area (Å²) in [6.07, 6.45) is 0.933. The molecule has 0 aliphatic heterocycles. The third-order valence-electron chi connectivity index (χ3n) is 2.39. The SMILES string of the molecule is CCC(C)NC(=O)NCc1ccccc1Br. The maximum atomic E-state index is 11.5. The highest BCUT2D eigenvalue weighted by Gasteiger charge is 2.05. The minimum Gasteiger partial charge on any atom is -0.336 e. The lowest BCUT2D eigenvalue weighted by Crippen LogP contribution is -2.40. The van der Waals surface area contributed by atoms with Gasteiger partial charge in [0.15, 0.2) is 0 Å². The molecule has 0 saturated carbocycles. The number of carbonyl (C=O) groups excluding carboxylic acids is 1. The Kier molecular flexibility index (Phi) is 5.32. The Morgan fingerprint density at radius 1 is 1.44 bits per heavy atom. The van der Waals surface area contributed by atoms with Crippen LogP contribution in [0.15, 0.2) is 28.7 Å². The Bertz CT molecular complexity index is 355. The summed E-state index contributed by atoms with van der Waals surface area (Å²) < 4.78 is 1.01. The van der Waals surface area contributed by atoms with Gasteiger partial charge in [-0.15, -0.1) is 0 Å². The molecule has 1 unspecified atom stereocenters. The minimum absolute atomic E-state index is 0.120. The molecule has 0 spiro atoms. The van der Waals surface area contributed by atoms with Crippen LogP contribution in [0, 0.1) is 0 Å². The predicted molar refractivity (Wildman–Crippen MR) is 69.3 cm³/mol.